The lowest BCUT2D eigenvalue weighted by Gasteiger charge is -2.10. The van der Waals surface area contributed by atoms with Crippen molar-refractivity contribution in [3.05, 3.63) is 60.3 Å². The van der Waals surface area contributed by atoms with Gasteiger partial charge in [0.2, 0.25) is 0 Å². The van der Waals surface area contributed by atoms with E-state index in [4.69, 9.17) is 19.9 Å². The fourth-order valence-electron chi connectivity index (χ4n) is 2.69. The van der Waals surface area contributed by atoms with E-state index in [1.807, 2.05) is 36.4 Å². The monoisotopic (exact) mass is 395 g/mol. The van der Waals surface area contributed by atoms with Gasteiger partial charge in [-0.1, -0.05) is 0 Å². The lowest BCUT2D eigenvalue weighted by molar-refractivity contribution is -0.141. The van der Waals surface area contributed by atoms with Gasteiger partial charge in [-0.05, 0) is 54.6 Å². The van der Waals surface area contributed by atoms with Crippen molar-refractivity contribution >= 4 is 11.9 Å². The molecule has 0 saturated heterocycles. The van der Waals surface area contributed by atoms with Crippen LogP contribution in [0.25, 0.3) is 16.9 Å². The molecular weight excluding hydrogens is 374 g/mol. The lowest BCUT2D eigenvalue weighted by atomic mass is 10.1. The second-order valence-electron chi connectivity index (χ2n) is 6.10. The predicted molar refractivity (Wildman–Crippen MR) is 106 cm³/mol. The normalized spacial score (nSPS) is 10.4. The second kappa shape index (κ2) is 8.92. The van der Waals surface area contributed by atoms with Crippen LogP contribution < -0.4 is 15.2 Å². The Morgan fingerprint density at radius 3 is 2.24 bits per heavy atom. The minimum atomic E-state index is -0.607. The molecule has 0 radical (unpaired) electrons. The summed E-state index contributed by atoms with van der Waals surface area (Å²) in [5, 5.41) is 4.33. The fraction of sp³-hybridized carbons (Fsp3) is 0.190. The molecule has 1 aromatic heterocycles. The van der Waals surface area contributed by atoms with Gasteiger partial charge in [-0.3, -0.25) is 9.59 Å². The average molecular weight is 395 g/mol. The third-order valence-electron chi connectivity index (χ3n) is 4.09. The van der Waals surface area contributed by atoms with Gasteiger partial charge < -0.3 is 19.9 Å². The second-order valence-corrected chi connectivity index (χ2v) is 6.10. The maximum absolute atomic E-state index is 11.6. The smallest absolute Gasteiger partial charge is 0.302 e. The summed E-state index contributed by atoms with van der Waals surface area (Å²) in [4.78, 5) is 22.4. The van der Waals surface area contributed by atoms with Crippen molar-refractivity contribution in [2.75, 3.05) is 20.3 Å². The van der Waals surface area contributed by atoms with Crippen molar-refractivity contribution in [1.82, 2.24) is 9.78 Å². The van der Waals surface area contributed by atoms with E-state index in [2.05, 4.69) is 5.10 Å². The Bertz CT molecular complexity index is 994. The highest BCUT2D eigenvalue weighted by Crippen LogP contribution is 2.27. The van der Waals surface area contributed by atoms with Crippen LogP contribution in [0.5, 0.6) is 11.5 Å². The maximum atomic E-state index is 11.6. The topological polar surface area (TPSA) is 106 Å². The van der Waals surface area contributed by atoms with Gasteiger partial charge in [0.15, 0.2) is 5.69 Å². The number of hydrogen-bond donors (Lipinski definition) is 1. The SMILES string of the molecule is COc1ccc(-n2nc(C(N)=O)cc2-c2ccc(OCCOC(C)=O)cc2)cc1. The summed E-state index contributed by atoms with van der Waals surface area (Å²) in [6.07, 6.45) is 0. The van der Waals surface area contributed by atoms with Gasteiger partial charge in [0.05, 0.1) is 18.5 Å². The van der Waals surface area contributed by atoms with E-state index in [0.717, 1.165) is 11.3 Å². The van der Waals surface area contributed by atoms with Gasteiger partial charge >= 0.3 is 5.97 Å². The first-order chi connectivity index (χ1) is 14.0. The molecule has 3 rings (SSSR count). The predicted octanol–water partition coefficient (Wildman–Crippen LogP) is 2.59. The van der Waals surface area contributed by atoms with E-state index in [1.165, 1.54) is 6.92 Å². The molecule has 0 bridgehead atoms. The number of aromatic nitrogens is 2. The molecule has 0 spiro atoms. The highest BCUT2D eigenvalue weighted by atomic mass is 16.6. The van der Waals surface area contributed by atoms with Gasteiger partial charge in [0.1, 0.15) is 24.7 Å². The largest absolute Gasteiger partial charge is 0.497 e. The van der Waals surface area contributed by atoms with E-state index in [1.54, 1.807) is 30.0 Å². The van der Waals surface area contributed by atoms with Crippen molar-refractivity contribution in [3.63, 3.8) is 0 Å². The molecule has 2 aromatic carbocycles. The number of carbonyl (C=O) groups is 2. The molecule has 1 heterocycles. The molecule has 8 nitrogen and oxygen atoms in total. The first kappa shape index (κ1) is 19.9. The number of esters is 1. The number of rotatable bonds is 8. The van der Waals surface area contributed by atoms with Crippen LogP contribution in [0.4, 0.5) is 0 Å². The Labute approximate surface area is 167 Å². The molecule has 8 heteroatoms. The Kier molecular flexibility index (Phi) is 6.13. The van der Waals surface area contributed by atoms with Crippen LogP contribution in [-0.4, -0.2) is 42.0 Å². The van der Waals surface area contributed by atoms with Crippen molar-refractivity contribution in [2.24, 2.45) is 5.73 Å². The first-order valence-electron chi connectivity index (χ1n) is 8.89. The van der Waals surface area contributed by atoms with Gasteiger partial charge in [-0.15, -0.1) is 0 Å². The van der Waals surface area contributed by atoms with Crippen molar-refractivity contribution in [1.29, 1.82) is 0 Å². The number of benzene rings is 2. The number of primary amides is 1. The Morgan fingerprint density at radius 1 is 1.00 bits per heavy atom. The Morgan fingerprint density at radius 2 is 1.66 bits per heavy atom. The fourth-order valence-corrected chi connectivity index (χ4v) is 2.69. The van der Waals surface area contributed by atoms with E-state index in [-0.39, 0.29) is 24.9 Å². The number of methoxy groups -OCH3 is 1. The molecule has 0 aliphatic rings. The number of carbonyl (C=O) groups excluding carboxylic acids is 2. The molecule has 0 aliphatic heterocycles. The molecule has 0 saturated carbocycles. The minimum Gasteiger partial charge on any atom is -0.497 e. The summed E-state index contributed by atoms with van der Waals surface area (Å²) in [5.41, 5.74) is 7.88. The van der Waals surface area contributed by atoms with Crippen LogP contribution in [0, 0.1) is 0 Å². The van der Waals surface area contributed by atoms with E-state index >= 15 is 0 Å². The van der Waals surface area contributed by atoms with Gasteiger partial charge in [-0.25, -0.2) is 4.68 Å². The molecule has 0 unspecified atom stereocenters. The van der Waals surface area contributed by atoms with Crippen molar-refractivity contribution in [2.45, 2.75) is 6.92 Å². The average Bonchev–Trinajstić information content (AvgIpc) is 3.17. The number of nitrogens with two attached hydrogens (primary N) is 1. The van der Waals surface area contributed by atoms with Gasteiger partial charge in [0.25, 0.3) is 5.91 Å². The molecule has 0 atom stereocenters. The summed E-state index contributed by atoms with van der Waals surface area (Å²) in [6.45, 7) is 1.79. The van der Waals surface area contributed by atoms with Crippen molar-refractivity contribution in [3.8, 4) is 28.4 Å². The van der Waals surface area contributed by atoms with Crippen molar-refractivity contribution < 1.29 is 23.8 Å². The Hall–Kier alpha value is -3.81. The van der Waals surface area contributed by atoms with Gasteiger partial charge in [0, 0.05) is 12.5 Å². The third-order valence-corrected chi connectivity index (χ3v) is 4.09. The lowest BCUT2D eigenvalue weighted by Crippen LogP contribution is -2.12. The van der Waals surface area contributed by atoms with E-state index < -0.39 is 5.91 Å². The third kappa shape index (κ3) is 4.92. The van der Waals surface area contributed by atoms with Crippen LogP contribution in [0.3, 0.4) is 0 Å². The summed E-state index contributed by atoms with van der Waals surface area (Å²) in [5.74, 6) is 0.393. The molecule has 3 aromatic rings. The van der Waals surface area contributed by atoms with E-state index in [0.29, 0.717) is 17.2 Å². The molecule has 0 fully saturated rings. The zero-order valence-corrected chi connectivity index (χ0v) is 16.1. The number of nitrogens with zero attached hydrogens (tertiary/aromatic N) is 2. The zero-order chi connectivity index (χ0) is 20.8. The highest BCUT2D eigenvalue weighted by molar-refractivity contribution is 5.92. The highest BCUT2D eigenvalue weighted by Gasteiger charge is 2.15. The molecular formula is C21H21N3O5. The minimum absolute atomic E-state index is 0.164. The molecule has 0 aliphatic carbocycles. The van der Waals surface area contributed by atoms with Crippen LogP contribution in [0.1, 0.15) is 17.4 Å². The quantitative estimate of drug-likeness (QED) is 0.464. The maximum Gasteiger partial charge on any atom is 0.302 e. The number of amides is 1. The summed E-state index contributed by atoms with van der Waals surface area (Å²) in [7, 11) is 1.59. The molecule has 150 valence electrons. The van der Waals surface area contributed by atoms with Crippen LogP contribution >= 0.6 is 0 Å². The van der Waals surface area contributed by atoms with E-state index in [9.17, 15) is 9.59 Å². The zero-order valence-electron chi connectivity index (χ0n) is 16.1. The summed E-state index contributed by atoms with van der Waals surface area (Å²) >= 11 is 0. The first-order valence-corrected chi connectivity index (χ1v) is 8.89. The molecule has 2 N–H and O–H groups in total. The number of ether oxygens (including phenoxy) is 3. The standard InChI is InChI=1S/C21H21N3O5/c1-14(25)28-11-12-29-18-7-3-15(4-8-18)20-13-19(21(22)26)23-24(20)16-5-9-17(27-2)10-6-16/h3-10,13H,11-12H2,1-2H3,(H2,22,26). The molecule has 1 amide bonds. The summed E-state index contributed by atoms with van der Waals surface area (Å²) < 4.78 is 17.2. The molecule has 29 heavy (non-hydrogen) atoms. The number of hydrogen-bond acceptors (Lipinski definition) is 6. The Balaban J connectivity index is 1.85. The van der Waals surface area contributed by atoms with Gasteiger partial charge in [-0.2, -0.15) is 5.10 Å². The van der Waals surface area contributed by atoms with Crippen LogP contribution in [0.2, 0.25) is 0 Å². The summed E-state index contributed by atoms with van der Waals surface area (Å²) in [6, 6.07) is 16.2. The van der Waals surface area contributed by atoms with Crippen LogP contribution in [0.15, 0.2) is 54.6 Å². The van der Waals surface area contributed by atoms with Crippen LogP contribution in [-0.2, 0) is 9.53 Å².